The lowest BCUT2D eigenvalue weighted by atomic mass is 10.0. The maximum atomic E-state index is 11.8. The van der Waals surface area contributed by atoms with Crippen LogP contribution in [-0.4, -0.2) is 20.7 Å². The normalized spacial score (nSPS) is 11.9. The second kappa shape index (κ2) is 7.54. The van der Waals surface area contributed by atoms with Crippen molar-refractivity contribution in [1.29, 1.82) is 0 Å². The quantitative estimate of drug-likeness (QED) is 0.788. The highest BCUT2D eigenvalue weighted by Gasteiger charge is 2.12. The Morgan fingerprint density at radius 2 is 1.72 bits per heavy atom. The molecule has 0 saturated carbocycles. The van der Waals surface area contributed by atoms with E-state index in [9.17, 15) is 8.42 Å². The average molecular weight is 269 g/mol. The Hall–Kier alpha value is -0.870. The van der Waals surface area contributed by atoms with Crippen LogP contribution in [0.4, 0.5) is 0 Å². The fourth-order valence-corrected chi connectivity index (χ4v) is 2.93. The molecular weight excluding hydrogens is 246 g/mol. The molecule has 0 spiro atoms. The lowest BCUT2D eigenvalue weighted by Crippen LogP contribution is -2.31. The minimum atomic E-state index is -3.15. The van der Waals surface area contributed by atoms with E-state index in [0.29, 0.717) is 18.9 Å². The zero-order valence-electron chi connectivity index (χ0n) is 11.2. The van der Waals surface area contributed by atoms with E-state index >= 15 is 0 Å². The molecule has 18 heavy (non-hydrogen) atoms. The van der Waals surface area contributed by atoms with Gasteiger partial charge in [0.25, 0.3) is 0 Å². The number of sulfonamides is 1. The molecule has 4 heteroatoms. The van der Waals surface area contributed by atoms with Crippen molar-refractivity contribution in [3.8, 4) is 0 Å². The Labute approximate surface area is 111 Å². The molecule has 0 saturated heterocycles. The van der Waals surface area contributed by atoms with Gasteiger partial charge in [0.05, 0.1) is 5.75 Å². The molecule has 0 heterocycles. The van der Waals surface area contributed by atoms with Gasteiger partial charge in [-0.1, -0.05) is 57.0 Å². The number of nitrogens with one attached hydrogen (secondary N) is 1. The number of benzene rings is 1. The van der Waals surface area contributed by atoms with E-state index < -0.39 is 10.0 Å². The lowest BCUT2D eigenvalue weighted by molar-refractivity contribution is 0.479. The molecule has 0 fully saturated rings. The van der Waals surface area contributed by atoms with Crippen LogP contribution in [0.2, 0.25) is 0 Å². The van der Waals surface area contributed by atoms with Crippen molar-refractivity contribution in [1.82, 2.24) is 4.72 Å². The van der Waals surface area contributed by atoms with Gasteiger partial charge in [-0.15, -0.1) is 0 Å². The summed E-state index contributed by atoms with van der Waals surface area (Å²) in [6, 6.07) is 9.70. The van der Waals surface area contributed by atoms with E-state index in [1.54, 1.807) is 0 Å². The molecule has 0 aromatic heterocycles. The molecule has 0 amide bonds. The second-order valence-electron chi connectivity index (χ2n) is 4.59. The third-order valence-corrected chi connectivity index (χ3v) is 4.60. The zero-order valence-corrected chi connectivity index (χ0v) is 12.0. The van der Waals surface area contributed by atoms with Crippen LogP contribution in [0.1, 0.15) is 32.3 Å². The van der Waals surface area contributed by atoms with E-state index in [1.165, 1.54) is 0 Å². The van der Waals surface area contributed by atoms with E-state index in [2.05, 4.69) is 18.6 Å². The van der Waals surface area contributed by atoms with Gasteiger partial charge in [0.15, 0.2) is 0 Å². The molecule has 0 atom stereocenters. The number of rotatable bonds is 8. The molecule has 0 aliphatic carbocycles. The summed E-state index contributed by atoms with van der Waals surface area (Å²) in [5, 5.41) is 0. The van der Waals surface area contributed by atoms with Crippen LogP contribution in [0.15, 0.2) is 30.3 Å². The van der Waals surface area contributed by atoms with Crippen LogP contribution >= 0.6 is 0 Å². The summed E-state index contributed by atoms with van der Waals surface area (Å²) in [6.45, 7) is 4.74. The number of hydrogen-bond acceptors (Lipinski definition) is 2. The molecule has 3 nitrogen and oxygen atoms in total. The molecule has 0 aliphatic heterocycles. The zero-order chi connectivity index (χ0) is 13.4. The van der Waals surface area contributed by atoms with Gasteiger partial charge in [-0.05, 0) is 17.9 Å². The summed E-state index contributed by atoms with van der Waals surface area (Å²) in [4.78, 5) is 0. The van der Waals surface area contributed by atoms with Crippen LogP contribution in [-0.2, 0) is 16.4 Å². The molecule has 1 aromatic carbocycles. The molecule has 1 aromatic rings. The third kappa shape index (κ3) is 5.65. The van der Waals surface area contributed by atoms with E-state index in [1.807, 2.05) is 30.3 Å². The van der Waals surface area contributed by atoms with Crippen molar-refractivity contribution in [3.63, 3.8) is 0 Å². The predicted molar refractivity (Wildman–Crippen MR) is 76.0 cm³/mol. The first kappa shape index (κ1) is 15.2. The molecular formula is C14H23NO2S. The van der Waals surface area contributed by atoms with Crippen molar-refractivity contribution in [2.45, 2.75) is 33.1 Å². The molecule has 1 rings (SSSR count). The smallest absolute Gasteiger partial charge is 0.211 e. The Kier molecular flexibility index (Phi) is 6.36. The van der Waals surface area contributed by atoms with Gasteiger partial charge in [0.1, 0.15) is 0 Å². The maximum Gasteiger partial charge on any atom is 0.211 e. The Balaban J connectivity index is 2.40. The van der Waals surface area contributed by atoms with Crippen LogP contribution in [0.25, 0.3) is 0 Å². The average Bonchev–Trinajstić information content (AvgIpc) is 2.39. The fourth-order valence-electron chi connectivity index (χ4n) is 1.79. The largest absolute Gasteiger partial charge is 0.215 e. The SMILES string of the molecule is CCC(CC)CNS(=O)(=O)CCc1ccccc1. The minimum absolute atomic E-state index is 0.164. The highest BCUT2D eigenvalue weighted by Crippen LogP contribution is 2.06. The molecule has 0 aliphatic rings. The fraction of sp³-hybridized carbons (Fsp3) is 0.571. The van der Waals surface area contributed by atoms with Crippen LogP contribution in [0.5, 0.6) is 0 Å². The lowest BCUT2D eigenvalue weighted by Gasteiger charge is -2.13. The summed E-state index contributed by atoms with van der Waals surface area (Å²) in [5.74, 6) is 0.605. The highest BCUT2D eigenvalue weighted by atomic mass is 32.2. The van der Waals surface area contributed by atoms with Gasteiger partial charge in [-0.2, -0.15) is 0 Å². The number of hydrogen-bond donors (Lipinski definition) is 1. The van der Waals surface area contributed by atoms with E-state index in [4.69, 9.17) is 0 Å². The summed E-state index contributed by atoms with van der Waals surface area (Å²) in [5.41, 5.74) is 1.06. The van der Waals surface area contributed by atoms with Gasteiger partial charge in [0, 0.05) is 6.54 Å². The first-order valence-electron chi connectivity index (χ1n) is 6.58. The standard InChI is InChI=1S/C14H23NO2S/c1-3-13(4-2)12-15-18(16,17)11-10-14-8-6-5-7-9-14/h5-9,13,15H,3-4,10-12H2,1-2H3. The van der Waals surface area contributed by atoms with Gasteiger partial charge >= 0.3 is 0 Å². The van der Waals surface area contributed by atoms with Gasteiger partial charge in [0.2, 0.25) is 10.0 Å². The topological polar surface area (TPSA) is 46.2 Å². The highest BCUT2D eigenvalue weighted by molar-refractivity contribution is 7.89. The van der Waals surface area contributed by atoms with Crippen molar-refractivity contribution in [3.05, 3.63) is 35.9 Å². The van der Waals surface area contributed by atoms with Gasteiger partial charge in [-0.3, -0.25) is 0 Å². The first-order valence-corrected chi connectivity index (χ1v) is 8.24. The Bertz CT molecular complexity index is 424. The summed E-state index contributed by atoms with van der Waals surface area (Å²) in [7, 11) is -3.15. The van der Waals surface area contributed by atoms with Crippen LogP contribution < -0.4 is 4.72 Å². The van der Waals surface area contributed by atoms with Crippen molar-refractivity contribution >= 4 is 10.0 Å². The van der Waals surface area contributed by atoms with E-state index in [-0.39, 0.29) is 5.75 Å². The molecule has 0 bridgehead atoms. The Morgan fingerprint density at radius 3 is 2.28 bits per heavy atom. The second-order valence-corrected chi connectivity index (χ2v) is 6.51. The molecule has 1 N–H and O–H groups in total. The Morgan fingerprint density at radius 1 is 1.11 bits per heavy atom. The van der Waals surface area contributed by atoms with Crippen molar-refractivity contribution in [2.24, 2.45) is 5.92 Å². The van der Waals surface area contributed by atoms with Crippen LogP contribution in [0, 0.1) is 5.92 Å². The summed E-state index contributed by atoms with van der Waals surface area (Å²) >= 11 is 0. The summed E-state index contributed by atoms with van der Waals surface area (Å²) < 4.78 is 26.4. The monoisotopic (exact) mass is 269 g/mol. The van der Waals surface area contributed by atoms with Crippen LogP contribution in [0.3, 0.4) is 0 Å². The first-order chi connectivity index (χ1) is 8.57. The van der Waals surface area contributed by atoms with Crippen molar-refractivity contribution < 1.29 is 8.42 Å². The molecule has 0 radical (unpaired) electrons. The minimum Gasteiger partial charge on any atom is -0.215 e. The molecule has 0 unspecified atom stereocenters. The third-order valence-electron chi connectivity index (χ3n) is 3.25. The van der Waals surface area contributed by atoms with Gasteiger partial charge < -0.3 is 0 Å². The maximum absolute atomic E-state index is 11.8. The molecule has 102 valence electrons. The van der Waals surface area contributed by atoms with E-state index in [0.717, 1.165) is 18.4 Å². The predicted octanol–water partition coefficient (Wildman–Crippen LogP) is 2.58. The van der Waals surface area contributed by atoms with Gasteiger partial charge in [-0.25, -0.2) is 13.1 Å². The van der Waals surface area contributed by atoms with Crippen molar-refractivity contribution in [2.75, 3.05) is 12.3 Å². The number of aryl methyl sites for hydroxylation is 1. The summed E-state index contributed by atoms with van der Waals surface area (Å²) in [6.07, 6.45) is 2.59.